The van der Waals surface area contributed by atoms with Crippen LogP contribution < -0.4 is 5.32 Å². The second kappa shape index (κ2) is 6.93. The second-order valence-electron chi connectivity index (χ2n) is 5.69. The number of rotatable bonds is 1. The van der Waals surface area contributed by atoms with Crippen LogP contribution in [0.3, 0.4) is 0 Å². The Bertz CT molecular complexity index is 976. The maximum Gasteiger partial charge on any atom is 0.347 e. The summed E-state index contributed by atoms with van der Waals surface area (Å²) in [4.78, 5) is 27.2. The van der Waals surface area contributed by atoms with Crippen LogP contribution in [0.25, 0.3) is 0 Å². The number of anilines is 1. The van der Waals surface area contributed by atoms with E-state index in [1.54, 1.807) is 30.5 Å². The van der Waals surface area contributed by atoms with Crippen LogP contribution in [0.15, 0.2) is 75.8 Å². The van der Waals surface area contributed by atoms with Gasteiger partial charge in [-0.2, -0.15) is 9.98 Å². The molecule has 0 saturated carbocycles. The van der Waals surface area contributed by atoms with Crippen molar-refractivity contribution in [3.05, 3.63) is 77.0 Å². The standard InChI is InChI=1S/C19H14ClN5O/c20-14-6-8-15(9-7-14)22-19(26)24-17-16-5-2-1-4-13(16)12-25-11-3-10-21-18(25)23-17/h1-11H,12H2,(H,22,26). The van der Waals surface area contributed by atoms with E-state index in [2.05, 4.69) is 20.3 Å². The minimum Gasteiger partial charge on any atom is -0.313 e. The van der Waals surface area contributed by atoms with Crippen molar-refractivity contribution in [3.8, 4) is 0 Å². The van der Waals surface area contributed by atoms with E-state index in [9.17, 15) is 4.79 Å². The van der Waals surface area contributed by atoms with Crippen molar-refractivity contribution in [2.45, 2.75) is 6.54 Å². The molecule has 0 saturated heterocycles. The summed E-state index contributed by atoms with van der Waals surface area (Å²) in [5.41, 5.74) is 2.44. The minimum absolute atomic E-state index is 0.331. The molecule has 6 nitrogen and oxygen atoms in total. The predicted octanol–water partition coefficient (Wildman–Crippen LogP) is 4.09. The number of nitrogens with zero attached hydrogens (tertiary/aromatic N) is 4. The Morgan fingerprint density at radius 2 is 1.96 bits per heavy atom. The molecule has 2 amide bonds. The fourth-order valence-electron chi connectivity index (χ4n) is 2.69. The molecule has 0 aromatic heterocycles. The van der Waals surface area contributed by atoms with Crippen LogP contribution in [-0.4, -0.2) is 28.9 Å². The van der Waals surface area contributed by atoms with Gasteiger partial charge in [-0.3, -0.25) is 0 Å². The number of fused-ring (bicyclic) bond motifs is 2. The molecule has 0 fully saturated rings. The van der Waals surface area contributed by atoms with Gasteiger partial charge in [-0.25, -0.2) is 9.79 Å². The highest BCUT2D eigenvalue weighted by Gasteiger charge is 2.21. The summed E-state index contributed by atoms with van der Waals surface area (Å²) in [5, 5.41) is 3.32. The van der Waals surface area contributed by atoms with E-state index in [4.69, 9.17) is 11.6 Å². The number of hydrogen-bond acceptors (Lipinski definition) is 3. The third-order valence-corrected chi connectivity index (χ3v) is 4.16. The van der Waals surface area contributed by atoms with E-state index in [0.717, 1.165) is 11.1 Å². The maximum absolute atomic E-state index is 12.4. The van der Waals surface area contributed by atoms with E-state index in [1.165, 1.54) is 0 Å². The van der Waals surface area contributed by atoms with Gasteiger partial charge in [0, 0.05) is 28.7 Å². The van der Waals surface area contributed by atoms with Crippen LogP contribution in [-0.2, 0) is 6.54 Å². The van der Waals surface area contributed by atoms with Gasteiger partial charge in [-0.15, -0.1) is 0 Å². The number of aliphatic imine (C=N–C) groups is 3. The molecule has 0 radical (unpaired) electrons. The zero-order valence-electron chi connectivity index (χ0n) is 13.6. The molecule has 7 heteroatoms. The first-order valence-corrected chi connectivity index (χ1v) is 8.36. The molecule has 1 N–H and O–H groups in total. The molecule has 128 valence electrons. The number of amides is 2. The lowest BCUT2D eigenvalue weighted by Gasteiger charge is -2.19. The average molecular weight is 364 g/mol. The predicted molar refractivity (Wildman–Crippen MR) is 104 cm³/mol. The van der Waals surface area contributed by atoms with Gasteiger partial charge in [0.15, 0.2) is 5.84 Å². The van der Waals surface area contributed by atoms with E-state index in [1.807, 2.05) is 41.4 Å². The Hall–Kier alpha value is -3.25. The van der Waals surface area contributed by atoms with Crippen LogP contribution in [0.5, 0.6) is 0 Å². The zero-order valence-corrected chi connectivity index (χ0v) is 14.4. The molecule has 0 aliphatic carbocycles. The van der Waals surface area contributed by atoms with Crippen molar-refractivity contribution in [2.24, 2.45) is 15.0 Å². The topological polar surface area (TPSA) is 69.4 Å². The number of carbonyl (C=O) groups excluding carboxylic acids is 1. The Morgan fingerprint density at radius 3 is 2.81 bits per heavy atom. The summed E-state index contributed by atoms with van der Waals surface area (Å²) in [5.74, 6) is 0.832. The number of hydrogen-bond donors (Lipinski definition) is 1. The molecule has 0 atom stereocenters. The minimum atomic E-state index is -0.509. The van der Waals surface area contributed by atoms with E-state index >= 15 is 0 Å². The van der Waals surface area contributed by atoms with Gasteiger partial charge in [-0.05, 0) is 35.9 Å². The third-order valence-electron chi connectivity index (χ3n) is 3.91. The van der Waals surface area contributed by atoms with Crippen molar-refractivity contribution in [2.75, 3.05) is 5.32 Å². The molecule has 4 rings (SSSR count). The largest absolute Gasteiger partial charge is 0.347 e. The van der Waals surface area contributed by atoms with E-state index < -0.39 is 6.03 Å². The highest BCUT2D eigenvalue weighted by atomic mass is 35.5. The number of amidine groups is 1. The van der Waals surface area contributed by atoms with Gasteiger partial charge in [0.25, 0.3) is 0 Å². The lowest BCUT2D eigenvalue weighted by Crippen LogP contribution is -2.25. The molecule has 2 aromatic rings. The second-order valence-corrected chi connectivity index (χ2v) is 6.13. The molecular weight excluding hydrogens is 350 g/mol. The SMILES string of the molecule is O=C(N=C1N=C2N=CC=CN2Cc2ccccc21)Nc1ccc(Cl)cc1. The number of benzene rings is 2. The zero-order chi connectivity index (χ0) is 17.9. The van der Waals surface area contributed by atoms with Crippen molar-refractivity contribution < 1.29 is 4.79 Å². The summed E-state index contributed by atoms with van der Waals surface area (Å²) < 4.78 is 0. The van der Waals surface area contributed by atoms with E-state index in [0.29, 0.717) is 29.0 Å². The normalized spacial score (nSPS) is 16.6. The summed E-state index contributed by atoms with van der Waals surface area (Å²) >= 11 is 5.86. The molecule has 0 spiro atoms. The average Bonchev–Trinajstić information content (AvgIpc) is 2.80. The number of nitrogens with one attached hydrogen (secondary N) is 1. The van der Waals surface area contributed by atoms with Gasteiger partial charge < -0.3 is 10.2 Å². The van der Waals surface area contributed by atoms with Crippen LogP contribution in [0, 0.1) is 0 Å². The first-order valence-electron chi connectivity index (χ1n) is 7.99. The summed E-state index contributed by atoms with van der Waals surface area (Å²) in [6.45, 7) is 0.612. The molecule has 2 aliphatic heterocycles. The molecule has 0 bridgehead atoms. The molecule has 2 heterocycles. The Kier molecular flexibility index (Phi) is 4.33. The summed E-state index contributed by atoms with van der Waals surface area (Å²) in [7, 11) is 0. The monoisotopic (exact) mass is 363 g/mol. The quantitative estimate of drug-likeness (QED) is 0.829. The van der Waals surface area contributed by atoms with Crippen LogP contribution in [0.2, 0.25) is 5.02 Å². The molecule has 2 aliphatic rings. The molecule has 2 aromatic carbocycles. The number of halogens is 1. The Balaban J connectivity index is 1.69. The smallest absolute Gasteiger partial charge is 0.313 e. The molecular formula is C19H14ClN5O. The van der Waals surface area contributed by atoms with Crippen molar-refractivity contribution in [3.63, 3.8) is 0 Å². The first-order chi connectivity index (χ1) is 12.7. The van der Waals surface area contributed by atoms with Gasteiger partial charge in [0.2, 0.25) is 5.96 Å². The van der Waals surface area contributed by atoms with Crippen molar-refractivity contribution in [1.82, 2.24) is 4.90 Å². The van der Waals surface area contributed by atoms with Gasteiger partial charge >= 0.3 is 6.03 Å². The first kappa shape index (κ1) is 16.2. The van der Waals surface area contributed by atoms with Gasteiger partial charge in [0.1, 0.15) is 0 Å². The van der Waals surface area contributed by atoms with Crippen LogP contribution >= 0.6 is 11.6 Å². The highest BCUT2D eigenvalue weighted by Crippen LogP contribution is 2.20. The Morgan fingerprint density at radius 1 is 1.15 bits per heavy atom. The van der Waals surface area contributed by atoms with Crippen molar-refractivity contribution in [1.29, 1.82) is 0 Å². The summed E-state index contributed by atoms with van der Waals surface area (Å²) in [6, 6.07) is 14.1. The highest BCUT2D eigenvalue weighted by molar-refractivity contribution is 6.30. The molecule has 0 unspecified atom stereocenters. The summed E-state index contributed by atoms with van der Waals surface area (Å²) in [6.07, 6.45) is 5.41. The lowest BCUT2D eigenvalue weighted by atomic mass is 10.1. The van der Waals surface area contributed by atoms with E-state index in [-0.39, 0.29) is 0 Å². The number of urea groups is 1. The van der Waals surface area contributed by atoms with Gasteiger partial charge in [0.05, 0.1) is 6.54 Å². The number of guanidine groups is 1. The van der Waals surface area contributed by atoms with Gasteiger partial charge in [-0.1, -0.05) is 35.9 Å². The Labute approximate surface area is 155 Å². The lowest BCUT2D eigenvalue weighted by molar-refractivity contribution is 0.259. The van der Waals surface area contributed by atoms with Crippen LogP contribution in [0.1, 0.15) is 11.1 Å². The third kappa shape index (κ3) is 3.41. The number of carbonyl (C=O) groups is 1. The van der Waals surface area contributed by atoms with Crippen molar-refractivity contribution >= 4 is 41.3 Å². The fraction of sp³-hybridized carbons (Fsp3) is 0.0526. The number of allylic oxidation sites excluding steroid dienone is 1. The molecule has 26 heavy (non-hydrogen) atoms. The maximum atomic E-state index is 12.4. The van der Waals surface area contributed by atoms with Crippen LogP contribution in [0.4, 0.5) is 10.5 Å². The fourth-order valence-corrected chi connectivity index (χ4v) is 2.82.